The van der Waals surface area contributed by atoms with Gasteiger partial charge in [-0.15, -0.1) is 0 Å². The largest absolute Gasteiger partial charge is 0.469 e. The summed E-state index contributed by atoms with van der Waals surface area (Å²) in [5, 5.41) is 2.82. The highest BCUT2D eigenvalue weighted by molar-refractivity contribution is 7.46. The zero-order chi connectivity index (χ0) is 19.3. The fourth-order valence-corrected chi connectivity index (χ4v) is 3.11. The number of hydrogen-bond acceptors (Lipinski definition) is 3. The van der Waals surface area contributed by atoms with Crippen molar-refractivity contribution in [2.45, 2.75) is 70.8 Å². The van der Waals surface area contributed by atoms with Crippen molar-refractivity contribution in [3.63, 3.8) is 0 Å². The van der Waals surface area contributed by atoms with Crippen LogP contribution in [0.5, 0.6) is 0 Å². The number of carbonyl (C=O) groups is 1. The molecule has 0 aliphatic heterocycles. The molecule has 3 N–H and O–H groups in total. The van der Waals surface area contributed by atoms with E-state index in [4.69, 9.17) is 9.79 Å². The third-order valence-electron chi connectivity index (χ3n) is 4.20. The quantitative estimate of drug-likeness (QED) is 0.324. The minimum absolute atomic E-state index is 0.126. The van der Waals surface area contributed by atoms with Gasteiger partial charge in [0.1, 0.15) is 0 Å². The molecule has 1 aromatic carbocycles. The first-order valence-corrected chi connectivity index (χ1v) is 11.0. The second kappa shape index (κ2) is 13.0. The van der Waals surface area contributed by atoms with E-state index in [1.807, 2.05) is 18.2 Å². The molecule has 0 heterocycles. The Kier molecular flexibility index (Phi) is 11.5. The Balaban J connectivity index is 2.35. The molecule has 1 aromatic rings. The molecule has 0 aliphatic carbocycles. The topological polar surface area (TPSA) is 95.9 Å². The van der Waals surface area contributed by atoms with Crippen LogP contribution in [0.25, 0.3) is 0 Å². The molecule has 148 valence electrons. The predicted molar refractivity (Wildman–Crippen MR) is 103 cm³/mol. The van der Waals surface area contributed by atoms with E-state index in [0.717, 1.165) is 24.8 Å². The van der Waals surface area contributed by atoms with Crippen molar-refractivity contribution in [1.82, 2.24) is 5.32 Å². The third kappa shape index (κ3) is 11.4. The number of carbonyl (C=O) groups excluding carboxylic acids is 1. The maximum atomic E-state index is 12.2. The number of benzene rings is 1. The molecule has 1 atom stereocenters. The highest BCUT2D eigenvalue weighted by Gasteiger charge is 2.20. The summed E-state index contributed by atoms with van der Waals surface area (Å²) >= 11 is 0. The van der Waals surface area contributed by atoms with Crippen LogP contribution < -0.4 is 5.32 Å². The fraction of sp³-hybridized carbons (Fsp3) is 0.632. The molecule has 0 saturated heterocycles. The highest BCUT2D eigenvalue weighted by atomic mass is 31.2. The van der Waals surface area contributed by atoms with Gasteiger partial charge in [0.25, 0.3) is 0 Å². The first kappa shape index (κ1) is 22.8. The third-order valence-corrected chi connectivity index (χ3v) is 4.69. The lowest BCUT2D eigenvalue weighted by molar-refractivity contribution is -0.122. The molecular weight excluding hydrogens is 353 g/mol. The maximum Gasteiger partial charge on any atom is 0.469 e. The molecule has 0 aromatic heterocycles. The van der Waals surface area contributed by atoms with E-state index in [1.165, 1.54) is 32.1 Å². The Morgan fingerprint density at radius 2 is 1.62 bits per heavy atom. The van der Waals surface area contributed by atoms with Gasteiger partial charge in [-0.1, -0.05) is 82.2 Å². The number of rotatable bonds is 14. The normalized spacial score (nSPS) is 12.7. The van der Waals surface area contributed by atoms with Gasteiger partial charge >= 0.3 is 7.82 Å². The Hall–Kier alpha value is -1.20. The summed E-state index contributed by atoms with van der Waals surface area (Å²) < 4.78 is 15.5. The Labute approximate surface area is 156 Å². The molecule has 0 spiro atoms. The lowest BCUT2D eigenvalue weighted by Crippen LogP contribution is -2.31. The molecule has 0 bridgehead atoms. The van der Waals surface area contributed by atoms with E-state index in [2.05, 4.69) is 16.8 Å². The monoisotopic (exact) mass is 385 g/mol. The maximum absolute atomic E-state index is 12.2. The average molecular weight is 385 g/mol. The second-order valence-electron chi connectivity index (χ2n) is 6.54. The Morgan fingerprint density at radius 1 is 1.04 bits per heavy atom. The van der Waals surface area contributed by atoms with E-state index in [9.17, 15) is 9.36 Å². The van der Waals surface area contributed by atoms with Gasteiger partial charge < -0.3 is 15.1 Å². The van der Waals surface area contributed by atoms with E-state index in [1.54, 1.807) is 12.1 Å². The SMILES string of the molecule is CCCCCCCCCCC(=O)N[C@@H](COP(=O)(O)O)c1ccccc1. The van der Waals surface area contributed by atoms with Crippen molar-refractivity contribution in [3.05, 3.63) is 35.9 Å². The minimum atomic E-state index is -4.58. The summed E-state index contributed by atoms with van der Waals surface area (Å²) in [6.07, 6.45) is 9.69. The van der Waals surface area contributed by atoms with E-state index < -0.39 is 13.9 Å². The number of amides is 1. The first-order chi connectivity index (χ1) is 12.4. The van der Waals surface area contributed by atoms with Crippen LogP contribution in [0, 0.1) is 0 Å². The van der Waals surface area contributed by atoms with Crippen molar-refractivity contribution in [2.24, 2.45) is 0 Å². The smallest absolute Gasteiger partial charge is 0.347 e. The van der Waals surface area contributed by atoms with Gasteiger partial charge in [0.15, 0.2) is 0 Å². The van der Waals surface area contributed by atoms with Crippen molar-refractivity contribution >= 4 is 13.7 Å². The highest BCUT2D eigenvalue weighted by Crippen LogP contribution is 2.37. The number of phosphoric acid groups is 1. The van der Waals surface area contributed by atoms with Crippen molar-refractivity contribution in [1.29, 1.82) is 0 Å². The average Bonchev–Trinajstić information content (AvgIpc) is 2.61. The van der Waals surface area contributed by atoms with Crippen LogP contribution in [0.2, 0.25) is 0 Å². The number of hydrogen-bond donors (Lipinski definition) is 3. The molecule has 7 heteroatoms. The summed E-state index contributed by atoms with van der Waals surface area (Å²) in [6.45, 7) is 1.93. The van der Waals surface area contributed by atoms with Crippen LogP contribution in [0.1, 0.15) is 76.3 Å². The number of phosphoric ester groups is 1. The van der Waals surface area contributed by atoms with E-state index in [-0.39, 0.29) is 12.5 Å². The molecular formula is C19H32NO5P. The van der Waals surface area contributed by atoms with Crippen molar-refractivity contribution in [3.8, 4) is 0 Å². The molecule has 0 saturated carbocycles. The van der Waals surface area contributed by atoms with Gasteiger partial charge in [-0.25, -0.2) is 4.57 Å². The lowest BCUT2D eigenvalue weighted by Gasteiger charge is -2.19. The van der Waals surface area contributed by atoms with Crippen molar-refractivity contribution < 1.29 is 23.7 Å². The molecule has 0 unspecified atom stereocenters. The fourth-order valence-electron chi connectivity index (χ4n) is 2.76. The summed E-state index contributed by atoms with van der Waals surface area (Å²) in [6, 6.07) is 8.47. The zero-order valence-corrected chi connectivity index (χ0v) is 16.5. The van der Waals surface area contributed by atoms with Gasteiger partial charge in [0, 0.05) is 6.42 Å². The number of nitrogens with one attached hydrogen (secondary N) is 1. The molecule has 1 amide bonds. The zero-order valence-electron chi connectivity index (χ0n) is 15.6. The predicted octanol–water partition coefficient (Wildman–Crippen LogP) is 4.48. The Bertz CT molecular complexity index is 546. The summed E-state index contributed by atoms with van der Waals surface area (Å²) in [5.74, 6) is -0.126. The Morgan fingerprint density at radius 3 is 2.19 bits per heavy atom. The van der Waals surface area contributed by atoms with Crippen LogP contribution in [-0.2, 0) is 13.9 Å². The standard InChI is InChI=1S/C19H32NO5P/c1-2-3-4-5-6-7-8-12-15-19(21)20-18(16-25-26(22,23)24)17-13-10-9-11-14-17/h9-11,13-14,18H,2-8,12,15-16H2,1H3,(H,20,21)(H2,22,23,24)/t18-/m0/s1. The van der Waals surface area contributed by atoms with Crippen LogP contribution >= 0.6 is 7.82 Å². The van der Waals surface area contributed by atoms with Crippen LogP contribution in [0.15, 0.2) is 30.3 Å². The summed E-state index contributed by atoms with van der Waals surface area (Å²) in [5.41, 5.74) is 0.755. The van der Waals surface area contributed by atoms with E-state index >= 15 is 0 Å². The first-order valence-electron chi connectivity index (χ1n) is 9.46. The van der Waals surface area contributed by atoms with Gasteiger partial charge in [0.2, 0.25) is 5.91 Å². The molecule has 26 heavy (non-hydrogen) atoms. The van der Waals surface area contributed by atoms with Crippen LogP contribution in [-0.4, -0.2) is 22.3 Å². The summed E-state index contributed by atoms with van der Waals surface area (Å²) in [7, 11) is -4.58. The number of unbranched alkanes of at least 4 members (excludes halogenated alkanes) is 7. The molecule has 0 aliphatic rings. The van der Waals surface area contributed by atoms with Gasteiger partial charge in [-0.3, -0.25) is 9.32 Å². The van der Waals surface area contributed by atoms with Gasteiger partial charge in [-0.05, 0) is 12.0 Å². The van der Waals surface area contributed by atoms with Gasteiger partial charge in [0.05, 0.1) is 12.6 Å². The van der Waals surface area contributed by atoms with E-state index in [0.29, 0.717) is 6.42 Å². The second-order valence-corrected chi connectivity index (χ2v) is 7.78. The minimum Gasteiger partial charge on any atom is -0.347 e. The summed E-state index contributed by atoms with van der Waals surface area (Å²) in [4.78, 5) is 30.0. The van der Waals surface area contributed by atoms with Crippen molar-refractivity contribution in [2.75, 3.05) is 6.61 Å². The molecule has 1 rings (SSSR count). The molecule has 0 radical (unpaired) electrons. The molecule has 6 nitrogen and oxygen atoms in total. The lowest BCUT2D eigenvalue weighted by atomic mass is 10.1. The molecule has 0 fully saturated rings. The van der Waals surface area contributed by atoms with Gasteiger partial charge in [-0.2, -0.15) is 0 Å². The van der Waals surface area contributed by atoms with Crippen LogP contribution in [0.4, 0.5) is 0 Å². The van der Waals surface area contributed by atoms with Crippen LogP contribution in [0.3, 0.4) is 0 Å².